The Hall–Kier alpha value is -3.73. The smallest absolute Gasteiger partial charge is 0.233 e. The Kier molecular flexibility index (Phi) is 4.97. The van der Waals surface area contributed by atoms with Gasteiger partial charge < -0.3 is 10.1 Å². The fourth-order valence-electron chi connectivity index (χ4n) is 3.13. The highest BCUT2D eigenvalue weighted by Crippen LogP contribution is 2.22. The van der Waals surface area contributed by atoms with Crippen LogP contribution in [0.25, 0.3) is 22.0 Å². The molecule has 1 amide bonds. The predicted octanol–water partition coefficient (Wildman–Crippen LogP) is 4.49. The van der Waals surface area contributed by atoms with Gasteiger partial charge in [0.15, 0.2) is 0 Å². The van der Waals surface area contributed by atoms with Crippen molar-refractivity contribution in [2.24, 2.45) is 0 Å². The minimum atomic E-state index is -0.0478. The number of benzene rings is 3. The van der Waals surface area contributed by atoms with E-state index in [0.29, 0.717) is 12.3 Å². The first-order valence-corrected chi connectivity index (χ1v) is 8.97. The van der Waals surface area contributed by atoms with Crippen LogP contribution in [0.15, 0.2) is 78.9 Å². The summed E-state index contributed by atoms with van der Waals surface area (Å²) in [5.74, 6) is 0.425. The number of carbonyl (C=O) groups excluding carboxylic acids is 1. The molecule has 0 spiro atoms. The number of ether oxygens (including phenoxy) is 1. The van der Waals surface area contributed by atoms with Gasteiger partial charge in [-0.05, 0) is 34.5 Å². The number of aromatic nitrogens is 2. The van der Waals surface area contributed by atoms with Crippen LogP contribution >= 0.6 is 0 Å². The maximum absolute atomic E-state index is 12.5. The van der Waals surface area contributed by atoms with Gasteiger partial charge in [-0.25, -0.2) is 0 Å². The molecule has 0 fully saturated rings. The molecule has 3 aromatic carbocycles. The maximum atomic E-state index is 12.5. The zero-order valence-electron chi connectivity index (χ0n) is 15.4. The zero-order valence-corrected chi connectivity index (χ0v) is 15.4. The van der Waals surface area contributed by atoms with Crippen LogP contribution in [-0.4, -0.2) is 23.2 Å². The Balaban J connectivity index is 1.45. The van der Waals surface area contributed by atoms with E-state index in [1.807, 2.05) is 60.7 Å². The number of fused-ring (bicyclic) bond motifs is 1. The van der Waals surface area contributed by atoms with E-state index in [0.717, 1.165) is 33.3 Å². The molecular formula is C23H19N3O2. The Labute approximate surface area is 163 Å². The van der Waals surface area contributed by atoms with Crippen LogP contribution in [0.3, 0.4) is 0 Å². The SMILES string of the molecule is COc1ccc(-c2ccc(NC(=O)Cc3cccc4ccccc34)cc2)nn1. The van der Waals surface area contributed by atoms with Gasteiger partial charge >= 0.3 is 0 Å². The van der Waals surface area contributed by atoms with Crippen LogP contribution in [0.4, 0.5) is 5.69 Å². The van der Waals surface area contributed by atoms with Crippen molar-refractivity contribution in [1.29, 1.82) is 0 Å². The molecule has 1 heterocycles. The van der Waals surface area contributed by atoms with E-state index in [-0.39, 0.29) is 5.91 Å². The summed E-state index contributed by atoms with van der Waals surface area (Å²) in [6, 6.07) is 25.3. The third-order valence-corrected chi connectivity index (χ3v) is 4.54. The Morgan fingerprint density at radius 2 is 1.68 bits per heavy atom. The van der Waals surface area contributed by atoms with Gasteiger partial charge in [-0.15, -0.1) is 10.2 Å². The second-order valence-electron chi connectivity index (χ2n) is 6.40. The van der Waals surface area contributed by atoms with Crippen molar-refractivity contribution in [1.82, 2.24) is 10.2 Å². The van der Waals surface area contributed by atoms with Gasteiger partial charge in [0.2, 0.25) is 11.8 Å². The van der Waals surface area contributed by atoms with Crippen molar-refractivity contribution < 1.29 is 9.53 Å². The summed E-state index contributed by atoms with van der Waals surface area (Å²) in [6.07, 6.45) is 0.326. The molecule has 1 aromatic heterocycles. The molecule has 0 saturated heterocycles. The number of anilines is 1. The number of nitrogens with zero attached hydrogens (tertiary/aromatic N) is 2. The van der Waals surface area contributed by atoms with E-state index in [4.69, 9.17) is 4.74 Å². The van der Waals surface area contributed by atoms with Crippen molar-refractivity contribution in [3.05, 3.63) is 84.4 Å². The lowest BCUT2D eigenvalue weighted by atomic mass is 10.0. The van der Waals surface area contributed by atoms with Crippen LogP contribution in [0.2, 0.25) is 0 Å². The lowest BCUT2D eigenvalue weighted by Crippen LogP contribution is -2.14. The van der Waals surface area contributed by atoms with Crippen LogP contribution in [0.1, 0.15) is 5.56 Å². The normalized spacial score (nSPS) is 10.6. The van der Waals surface area contributed by atoms with Crippen molar-refractivity contribution in [2.45, 2.75) is 6.42 Å². The third-order valence-electron chi connectivity index (χ3n) is 4.54. The molecule has 4 aromatic rings. The van der Waals surface area contributed by atoms with Gasteiger partial charge in [0.05, 0.1) is 19.2 Å². The monoisotopic (exact) mass is 369 g/mol. The van der Waals surface area contributed by atoms with E-state index in [9.17, 15) is 4.79 Å². The number of carbonyl (C=O) groups is 1. The first kappa shape index (κ1) is 17.7. The Morgan fingerprint density at radius 1 is 0.893 bits per heavy atom. The summed E-state index contributed by atoms with van der Waals surface area (Å²) < 4.78 is 5.02. The van der Waals surface area contributed by atoms with Gasteiger partial charge in [-0.2, -0.15) is 0 Å². The molecule has 0 unspecified atom stereocenters. The van der Waals surface area contributed by atoms with Crippen molar-refractivity contribution in [2.75, 3.05) is 12.4 Å². The van der Waals surface area contributed by atoms with E-state index in [1.54, 1.807) is 13.2 Å². The van der Waals surface area contributed by atoms with Gasteiger partial charge in [0, 0.05) is 17.3 Å². The lowest BCUT2D eigenvalue weighted by molar-refractivity contribution is -0.115. The molecule has 0 bridgehead atoms. The number of rotatable bonds is 5. The number of hydrogen-bond acceptors (Lipinski definition) is 4. The third kappa shape index (κ3) is 3.83. The Bertz CT molecular complexity index is 1100. The number of nitrogens with one attached hydrogen (secondary N) is 1. The standard InChI is InChI=1S/C23H19N3O2/c1-28-23-14-13-21(25-26-23)17-9-11-19(12-10-17)24-22(27)15-18-7-4-6-16-5-2-3-8-20(16)18/h2-14H,15H2,1H3,(H,24,27). The quantitative estimate of drug-likeness (QED) is 0.563. The highest BCUT2D eigenvalue weighted by Gasteiger charge is 2.08. The number of methoxy groups -OCH3 is 1. The Morgan fingerprint density at radius 3 is 2.43 bits per heavy atom. The zero-order chi connectivity index (χ0) is 19.3. The fraction of sp³-hybridized carbons (Fsp3) is 0.0870. The minimum absolute atomic E-state index is 0.0478. The number of hydrogen-bond donors (Lipinski definition) is 1. The van der Waals surface area contributed by atoms with Gasteiger partial charge in [-0.3, -0.25) is 4.79 Å². The molecule has 0 aliphatic heterocycles. The minimum Gasteiger partial charge on any atom is -0.480 e. The summed E-state index contributed by atoms with van der Waals surface area (Å²) in [5.41, 5.74) is 3.42. The molecule has 4 rings (SSSR count). The fourth-order valence-corrected chi connectivity index (χ4v) is 3.13. The van der Waals surface area contributed by atoms with E-state index >= 15 is 0 Å². The molecule has 0 aliphatic carbocycles. The van der Waals surface area contributed by atoms with E-state index in [2.05, 4.69) is 27.6 Å². The van der Waals surface area contributed by atoms with Gasteiger partial charge in [-0.1, -0.05) is 54.6 Å². The first-order chi connectivity index (χ1) is 13.7. The first-order valence-electron chi connectivity index (χ1n) is 8.97. The van der Waals surface area contributed by atoms with Crippen LogP contribution in [-0.2, 0) is 11.2 Å². The number of amides is 1. The van der Waals surface area contributed by atoms with Crippen molar-refractivity contribution in [3.63, 3.8) is 0 Å². The molecule has 28 heavy (non-hydrogen) atoms. The molecule has 0 radical (unpaired) electrons. The van der Waals surface area contributed by atoms with Gasteiger partial charge in [0.25, 0.3) is 0 Å². The van der Waals surface area contributed by atoms with Crippen LogP contribution < -0.4 is 10.1 Å². The van der Waals surface area contributed by atoms with E-state index < -0.39 is 0 Å². The predicted molar refractivity (Wildman–Crippen MR) is 110 cm³/mol. The van der Waals surface area contributed by atoms with Crippen molar-refractivity contribution in [3.8, 4) is 17.1 Å². The molecule has 0 aliphatic rings. The topological polar surface area (TPSA) is 64.1 Å². The highest BCUT2D eigenvalue weighted by molar-refractivity contribution is 5.96. The lowest BCUT2D eigenvalue weighted by Gasteiger charge is -2.09. The molecule has 138 valence electrons. The van der Waals surface area contributed by atoms with Crippen LogP contribution in [0, 0.1) is 0 Å². The summed E-state index contributed by atoms with van der Waals surface area (Å²) in [4.78, 5) is 12.5. The molecule has 5 heteroatoms. The molecule has 5 nitrogen and oxygen atoms in total. The molecule has 0 saturated carbocycles. The summed E-state index contributed by atoms with van der Waals surface area (Å²) in [5, 5.41) is 13.3. The second-order valence-corrected chi connectivity index (χ2v) is 6.40. The second kappa shape index (κ2) is 7.88. The van der Waals surface area contributed by atoms with Gasteiger partial charge in [0.1, 0.15) is 0 Å². The average Bonchev–Trinajstić information content (AvgIpc) is 2.75. The molecular weight excluding hydrogens is 350 g/mol. The van der Waals surface area contributed by atoms with Crippen molar-refractivity contribution >= 4 is 22.4 Å². The van der Waals surface area contributed by atoms with Crippen LogP contribution in [0.5, 0.6) is 5.88 Å². The molecule has 1 N–H and O–H groups in total. The highest BCUT2D eigenvalue weighted by atomic mass is 16.5. The summed E-state index contributed by atoms with van der Waals surface area (Å²) in [6.45, 7) is 0. The summed E-state index contributed by atoms with van der Waals surface area (Å²) in [7, 11) is 1.55. The average molecular weight is 369 g/mol. The maximum Gasteiger partial charge on any atom is 0.233 e. The van der Waals surface area contributed by atoms with E-state index in [1.165, 1.54) is 0 Å². The largest absolute Gasteiger partial charge is 0.480 e. The molecule has 0 atom stereocenters. The summed E-state index contributed by atoms with van der Waals surface area (Å²) >= 11 is 0.